The molecule has 0 aliphatic heterocycles. The first-order chi connectivity index (χ1) is 13.2. The molecule has 5 nitrogen and oxygen atoms in total. The minimum absolute atomic E-state index is 0. The third-order valence-electron chi connectivity index (χ3n) is 4.41. The maximum Gasteiger partial charge on any atom is 0.345 e. The summed E-state index contributed by atoms with van der Waals surface area (Å²) in [6, 6.07) is 15.7. The smallest absolute Gasteiger partial charge is 0.345 e. The fourth-order valence-corrected chi connectivity index (χ4v) is 4.09. The molecule has 7 heteroatoms. The molecular weight excluding hydrogens is 391 g/mol. The summed E-state index contributed by atoms with van der Waals surface area (Å²) in [6.07, 6.45) is 4.53. The quantitative estimate of drug-likeness (QED) is 0.404. The summed E-state index contributed by atoms with van der Waals surface area (Å²) in [4.78, 5) is 18.8. The van der Waals surface area contributed by atoms with Gasteiger partial charge in [0, 0.05) is 29.1 Å². The minimum Gasteiger partial charge on any atom is -0.422 e. The fraction of sp³-hybridized carbons (Fsp3) is 0.0909. The van der Waals surface area contributed by atoms with E-state index in [9.17, 15) is 9.18 Å². The van der Waals surface area contributed by atoms with E-state index in [1.807, 2.05) is 41.1 Å². The number of thiazole rings is 1. The highest BCUT2D eigenvalue weighted by molar-refractivity contribution is 7.17. The topological polar surface area (TPSA) is 79.0 Å². The van der Waals surface area contributed by atoms with Crippen molar-refractivity contribution in [3.05, 3.63) is 93.7 Å². The Hall–Kier alpha value is -3.29. The third-order valence-corrected chi connectivity index (χ3v) is 5.41. The van der Waals surface area contributed by atoms with E-state index >= 15 is 0 Å². The highest BCUT2D eigenvalue weighted by Gasteiger charge is 2.13. The number of fused-ring (bicyclic) bond motifs is 2. The number of para-hydroxylation sites is 1. The van der Waals surface area contributed by atoms with Gasteiger partial charge in [0.2, 0.25) is 0 Å². The van der Waals surface area contributed by atoms with Crippen LogP contribution >= 0.6 is 11.3 Å². The third kappa shape index (κ3) is 3.83. The van der Waals surface area contributed by atoms with Crippen LogP contribution < -0.4 is 5.63 Å². The Morgan fingerprint density at radius 1 is 1.07 bits per heavy atom. The van der Waals surface area contributed by atoms with Crippen LogP contribution in [0.5, 0.6) is 0 Å². The van der Waals surface area contributed by atoms with Crippen LogP contribution in [-0.4, -0.2) is 14.9 Å². The number of imidazole rings is 1. The largest absolute Gasteiger partial charge is 0.422 e. The summed E-state index contributed by atoms with van der Waals surface area (Å²) in [5, 5.41) is 0.862. The van der Waals surface area contributed by atoms with E-state index in [1.54, 1.807) is 29.5 Å². The number of halogens is 1. The van der Waals surface area contributed by atoms with Crippen molar-refractivity contribution in [2.75, 3.05) is 0 Å². The molecule has 0 atom stereocenters. The number of aromatic nitrogens is 2. The van der Waals surface area contributed by atoms with Crippen molar-refractivity contribution in [2.45, 2.75) is 13.8 Å². The van der Waals surface area contributed by atoms with E-state index in [-0.39, 0.29) is 18.7 Å². The lowest BCUT2D eigenvalue weighted by molar-refractivity contribution is 0.563. The summed E-state index contributed by atoms with van der Waals surface area (Å²) >= 11 is 1.55. The van der Waals surface area contributed by atoms with Gasteiger partial charge in [0.1, 0.15) is 11.4 Å². The van der Waals surface area contributed by atoms with Crippen molar-refractivity contribution in [1.82, 2.24) is 9.38 Å². The Morgan fingerprint density at radius 2 is 1.83 bits per heavy atom. The summed E-state index contributed by atoms with van der Waals surface area (Å²) in [5.74, 6) is -0.237. The molecule has 2 aromatic carbocycles. The summed E-state index contributed by atoms with van der Waals surface area (Å²) in [5.41, 5.74) is 2.25. The average Bonchev–Trinajstić information content (AvgIpc) is 3.21. The van der Waals surface area contributed by atoms with Gasteiger partial charge in [-0.05, 0) is 29.8 Å². The number of nitrogens with zero attached hydrogens (tertiary/aromatic N) is 2. The van der Waals surface area contributed by atoms with Gasteiger partial charge >= 0.3 is 5.63 Å². The highest BCUT2D eigenvalue weighted by atomic mass is 32.1. The van der Waals surface area contributed by atoms with Gasteiger partial charge in [-0.2, -0.15) is 0 Å². The van der Waals surface area contributed by atoms with E-state index < -0.39 is 5.63 Å². The molecule has 0 saturated carbocycles. The van der Waals surface area contributed by atoms with Crippen molar-refractivity contribution in [1.29, 1.82) is 0 Å². The van der Waals surface area contributed by atoms with Gasteiger partial charge < -0.3 is 9.89 Å². The van der Waals surface area contributed by atoms with E-state index in [1.165, 1.54) is 12.1 Å². The van der Waals surface area contributed by atoms with Crippen LogP contribution in [0.2, 0.25) is 0 Å². The summed E-state index contributed by atoms with van der Waals surface area (Å²) in [6.45, 7) is 0. The second-order valence-electron chi connectivity index (χ2n) is 6.30. The average molecular weight is 410 g/mol. The van der Waals surface area contributed by atoms with Crippen molar-refractivity contribution in [2.24, 2.45) is 0 Å². The van der Waals surface area contributed by atoms with Gasteiger partial charge in [0.15, 0.2) is 4.96 Å². The zero-order valence-electron chi connectivity index (χ0n) is 14.6. The van der Waals surface area contributed by atoms with Gasteiger partial charge in [-0.3, -0.25) is 4.40 Å². The summed E-state index contributed by atoms with van der Waals surface area (Å²) in [7, 11) is 0. The number of rotatable bonds is 3. The first-order valence-corrected chi connectivity index (χ1v) is 9.22. The molecule has 0 aliphatic rings. The van der Waals surface area contributed by atoms with E-state index in [0.717, 1.165) is 20.8 Å². The Morgan fingerprint density at radius 3 is 2.59 bits per heavy atom. The van der Waals surface area contributed by atoms with Crippen LogP contribution in [0.15, 0.2) is 76.2 Å². The first-order valence-electron chi connectivity index (χ1n) is 8.41. The summed E-state index contributed by atoms with van der Waals surface area (Å²) < 4.78 is 20.3. The maximum atomic E-state index is 13.0. The molecule has 0 bridgehead atoms. The number of hydrogen-bond acceptors (Lipinski definition) is 4. The SMILES string of the molecule is C.O.O=c1oc2ccccc2cc1-c1cn2cc(Cc3ccc(F)cc3)sc2n1. The molecular formula is C22H19FN2O3S. The molecule has 0 aliphatic carbocycles. The standard InChI is InChI=1S/C21H13FN2O2S.CH4.H2O/c22-15-7-5-13(6-8-15)9-16-11-24-12-18(23-21(24)27-16)17-10-14-3-1-2-4-19(14)26-20(17)25;;/h1-8,10-12H,9H2;1H4;1H2. The molecule has 3 heterocycles. The first kappa shape index (κ1) is 20.4. The molecule has 0 saturated heterocycles. The fourth-order valence-electron chi connectivity index (χ4n) is 3.10. The molecule has 0 unspecified atom stereocenters. The highest BCUT2D eigenvalue weighted by Crippen LogP contribution is 2.25. The second kappa shape index (κ2) is 7.98. The Bertz CT molecular complexity index is 1300. The molecule has 0 fully saturated rings. The van der Waals surface area contributed by atoms with Gasteiger partial charge in [-0.25, -0.2) is 14.2 Å². The molecule has 148 valence electrons. The maximum absolute atomic E-state index is 13.0. The van der Waals surface area contributed by atoms with Gasteiger partial charge in [-0.1, -0.05) is 37.8 Å². The minimum atomic E-state index is -0.397. The van der Waals surface area contributed by atoms with Crippen LogP contribution in [0.25, 0.3) is 27.2 Å². The van der Waals surface area contributed by atoms with E-state index in [0.29, 0.717) is 23.3 Å². The van der Waals surface area contributed by atoms with Crippen LogP contribution in [0.1, 0.15) is 17.9 Å². The lowest BCUT2D eigenvalue weighted by atomic mass is 10.1. The van der Waals surface area contributed by atoms with Crippen LogP contribution in [0, 0.1) is 5.82 Å². The van der Waals surface area contributed by atoms with Crippen molar-refractivity contribution >= 4 is 27.3 Å². The van der Waals surface area contributed by atoms with Gasteiger partial charge in [0.25, 0.3) is 0 Å². The van der Waals surface area contributed by atoms with E-state index in [2.05, 4.69) is 4.98 Å². The molecule has 2 N–H and O–H groups in total. The Balaban J connectivity index is 0.00000120. The molecule has 29 heavy (non-hydrogen) atoms. The van der Waals surface area contributed by atoms with Crippen LogP contribution in [0.4, 0.5) is 4.39 Å². The predicted molar refractivity (Wildman–Crippen MR) is 114 cm³/mol. The zero-order valence-corrected chi connectivity index (χ0v) is 15.4. The van der Waals surface area contributed by atoms with Gasteiger partial charge in [0.05, 0.1) is 11.3 Å². The molecule has 0 spiro atoms. The zero-order chi connectivity index (χ0) is 18.4. The molecule has 0 radical (unpaired) electrons. The van der Waals surface area contributed by atoms with Crippen molar-refractivity contribution in [3.63, 3.8) is 0 Å². The van der Waals surface area contributed by atoms with E-state index in [4.69, 9.17) is 4.42 Å². The normalized spacial score (nSPS) is 10.7. The molecule has 0 amide bonds. The molecule has 5 rings (SSSR count). The lowest BCUT2D eigenvalue weighted by Crippen LogP contribution is -2.02. The number of hydrogen-bond donors (Lipinski definition) is 0. The predicted octanol–water partition coefficient (Wildman–Crippen LogP) is 4.71. The van der Waals surface area contributed by atoms with Gasteiger partial charge in [-0.15, -0.1) is 11.3 Å². The molecule has 5 aromatic rings. The monoisotopic (exact) mass is 410 g/mol. The number of benzene rings is 2. The van der Waals surface area contributed by atoms with Crippen molar-refractivity contribution in [3.8, 4) is 11.3 Å². The van der Waals surface area contributed by atoms with Crippen LogP contribution in [-0.2, 0) is 6.42 Å². The Kier molecular flexibility index (Phi) is 5.63. The lowest BCUT2D eigenvalue weighted by Gasteiger charge is -1.99. The Labute approximate surface area is 170 Å². The van der Waals surface area contributed by atoms with Crippen molar-refractivity contribution < 1.29 is 14.3 Å². The second-order valence-corrected chi connectivity index (χ2v) is 7.40. The molecule has 3 aromatic heterocycles. The van der Waals surface area contributed by atoms with Crippen LogP contribution in [0.3, 0.4) is 0 Å².